The molecule has 0 unspecified atom stereocenters. The van der Waals surface area contributed by atoms with Gasteiger partial charge in [-0.25, -0.2) is 0 Å². The topological polar surface area (TPSA) is 41.6 Å². The van der Waals surface area contributed by atoms with Crippen LogP contribution in [0.25, 0.3) is 0 Å². The molecule has 1 aliphatic heterocycles. The van der Waals surface area contributed by atoms with Crippen LogP contribution >= 0.6 is 15.9 Å². The summed E-state index contributed by atoms with van der Waals surface area (Å²) in [5.74, 6) is 0.630. The molecule has 2 N–H and O–H groups in total. The van der Waals surface area contributed by atoms with Crippen molar-refractivity contribution in [2.75, 3.05) is 11.4 Å². The van der Waals surface area contributed by atoms with Crippen molar-refractivity contribution in [2.24, 2.45) is 10.7 Å². The number of fused-ring (bicyclic) bond motifs is 1. The van der Waals surface area contributed by atoms with Crippen molar-refractivity contribution in [1.29, 1.82) is 0 Å². The normalized spacial score (nSPS) is 18.9. The molecule has 0 bridgehead atoms. The Morgan fingerprint density at radius 3 is 2.24 bits per heavy atom. The van der Waals surface area contributed by atoms with E-state index in [1.54, 1.807) is 0 Å². The zero-order chi connectivity index (χ0) is 14.4. The van der Waals surface area contributed by atoms with Crippen molar-refractivity contribution < 1.29 is 0 Å². The second-order valence-electron chi connectivity index (χ2n) is 5.83. The SMILES string of the molecule is NC1=NCC2(Cc3ccccc3C2)N1c1ccc(Br)cc1. The third kappa shape index (κ3) is 1.97. The van der Waals surface area contributed by atoms with Crippen LogP contribution in [-0.2, 0) is 12.8 Å². The molecule has 4 rings (SSSR count). The van der Waals surface area contributed by atoms with Crippen molar-refractivity contribution >= 4 is 27.6 Å². The van der Waals surface area contributed by atoms with Gasteiger partial charge in [-0.05, 0) is 48.2 Å². The highest BCUT2D eigenvalue weighted by molar-refractivity contribution is 9.10. The maximum absolute atomic E-state index is 6.20. The second kappa shape index (κ2) is 4.60. The van der Waals surface area contributed by atoms with E-state index in [1.165, 1.54) is 11.1 Å². The molecular weight excluding hydrogens is 326 g/mol. The van der Waals surface area contributed by atoms with E-state index in [-0.39, 0.29) is 5.54 Å². The number of anilines is 1. The molecule has 2 aromatic rings. The summed E-state index contributed by atoms with van der Waals surface area (Å²) in [6.07, 6.45) is 2.01. The van der Waals surface area contributed by atoms with Gasteiger partial charge in [0.25, 0.3) is 0 Å². The highest BCUT2D eigenvalue weighted by Gasteiger charge is 2.47. The maximum atomic E-state index is 6.20. The summed E-state index contributed by atoms with van der Waals surface area (Å²) in [6, 6.07) is 17.0. The van der Waals surface area contributed by atoms with Gasteiger partial charge in [0, 0.05) is 10.2 Å². The fourth-order valence-electron chi connectivity index (χ4n) is 3.55. The van der Waals surface area contributed by atoms with Crippen molar-refractivity contribution in [3.8, 4) is 0 Å². The lowest BCUT2D eigenvalue weighted by molar-refractivity contribution is 0.483. The molecule has 3 nitrogen and oxygen atoms in total. The minimum atomic E-state index is -0.0262. The van der Waals surface area contributed by atoms with E-state index in [1.807, 2.05) is 0 Å². The Hall–Kier alpha value is -1.81. The van der Waals surface area contributed by atoms with Gasteiger partial charge in [-0.2, -0.15) is 0 Å². The molecule has 0 radical (unpaired) electrons. The standard InChI is InChI=1S/C17H16BrN3/c18-14-5-7-15(8-6-14)21-16(19)20-11-17(21)9-12-3-1-2-4-13(12)10-17/h1-8H,9-11H2,(H2,19,20). The van der Waals surface area contributed by atoms with Gasteiger partial charge in [0.05, 0.1) is 12.1 Å². The number of hydrogen-bond acceptors (Lipinski definition) is 3. The highest BCUT2D eigenvalue weighted by atomic mass is 79.9. The fourth-order valence-corrected chi connectivity index (χ4v) is 3.82. The van der Waals surface area contributed by atoms with E-state index in [0.29, 0.717) is 5.96 Å². The Bertz CT molecular complexity index is 696. The first-order valence-corrected chi connectivity index (χ1v) is 7.90. The third-order valence-electron chi connectivity index (χ3n) is 4.48. The predicted octanol–water partition coefficient (Wildman–Crippen LogP) is 3.12. The van der Waals surface area contributed by atoms with Gasteiger partial charge in [-0.1, -0.05) is 40.2 Å². The third-order valence-corrected chi connectivity index (χ3v) is 5.01. The molecule has 2 aromatic carbocycles. The minimum Gasteiger partial charge on any atom is -0.369 e. The molecule has 1 aliphatic carbocycles. The Labute approximate surface area is 132 Å². The Kier molecular flexibility index (Phi) is 2.82. The van der Waals surface area contributed by atoms with Crippen LogP contribution in [0.15, 0.2) is 58.0 Å². The molecule has 4 heteroatoms. The van der Waals surface area contributed by atoms with Crippen LogP contribution < -0.4 is 10.6 Å². The summed E-state index contributed by atoms with van der Waals surface area (Å²) in [7, 11) is 0. The molecule has 0 saturated heterocycles. The molecule has 0 aromatic heterocycles. The van der Waals surface area contributed by atoms with Crippen molar-refractivity contribution in [3.63, 3.8) is 0 Å². The number of aliphatic imine (C=N–C) groups is 1. The number of halogens is 1. The Balaban J connectivity index is 1.75. The molecule has 1 spiro atoms. The van der Waals surface area contributed by atoms with Gasteiger partial charge in [0.2, 0.25) is 0 Å². The first kappa shape index (κ1) is 12.9. The maximum Gasteiger partial charge on any atom is 0.196 e. The summed E-state index contributed by atoms with van der Waals surface area (Å²) in [4.78, 5) is 6.76. The van der Waals surface area contributed by atoms with E-state index >= 15 is 0 Å². The Morgan fingerprint density at radius 2 is 1.62 bits per heavy atom. The molecule has 0 saturated carbocycles. The molecule has 0 amide bonds. The number of nitrogens with zero attached hydrogens (tertiary/aromatic N) is 2. The van der Waals surface area contributed by atoms with Crippen molar-refractivity contribution in [2.45, 2.75) is 18.4 Å². The van der Waals surface area contributed by atoms with E-state index < -0.39 is 0 Å². The highest BCUT2D eigenvalue weighted by Crippen LogP contribution is 2.40. The van der Waals surface area contributed by atoms with E-state index in [4.69, 9.17) is 5.73 Å². The predicted molar refractivity (Wildman–Crippen MR) is 89.7 cm³/mol. The van der Waals surface area contributed by atoms with Gasteiger partial charge in [-0.3, -0.25) is 4.99 Å². The van der Waals surface area contributed by atoms with Gasteiger partial charge >= 0.3 is 0 Å². The van der Waals surface area contributed by atoms with E-state index in [9.17, 15) is 0 Å². The molecule has 21 heavy (non-hydrogen) atoms. The lowest BCUT2D eigenvalue weighted by atomic mass is 9.94. The number of guanidine groups is 1. The largest absolute Gasteiger partial charge is 0.369 e. The van der Waals surface area contributed by atoms with E-state index in [0.717, 1.165) is 29.5 Å². The Morgan fingerprint density at radius 1 is 1.00 bits per heavy atom. The quantitative estimate of drug-likeness (QED) is 0.865. The summed E-state index contributed by atoms with van der Waals surface area (Å²) in [6.45, 7) is 0.767. The molecule has 0 atom stereocenters. The summed E-state index contributed by atoms with van der Waals surface area (Å²) in [5, 5.41) is 0. The van der Waals surface area contributed by atoms with Crippen molar-refractivity contribution in [3.05, 3.63) is 64.1 Å². The minimum absolute atomic E-state index is 0.0262. The summed E-state index contributed by atoms with van der Waals surface area (Å²) in [5.41, 5.74) is 10.1. The van der Waals surface area contributed by atoms with Crippen LogP contribution in [0.5, 0.6) is 0 Å². The average Bonchev–Trinajstić information content (AvgIpc) is 3.01. The first-order valence-electron chi connectivity index (χ1n) is 7.10. The summed E-state index contributed by atoms with van der Waals surface area (Å²) >= 11 is 3.49. The van der Waals surface area contributed by atoms with Crippen LogP contribution in [0.4, 0.5) is 5.69 Å². The molecule has 106 valence electrons. The number of hydrogen-bond donors (Lipinski definition) is 1. The van der Waals surface area contributed by atoms with Gasteiger partial charge < -0.3 is 10.6 Å². The number of benzene rings is 2. The lowest BCUT2D eigenvalue weighted by Crippen LogP contribution is -2.52. The van der Waals surface area contributed by atoms with Crippen LogP contribution in [0, 0.1) is 0 Å². The van der Waals surface area contributed by atoms with Crippen LogP contribution in [0.3, 0.4) is 0 Å². The molecular formula is C17H16BrN3. The zero-order valence-electron chi connectivity index (χ0n) is 11.6. The van der Waals surface area contributed by atoms with Crippen LogP contribution in [0.1, 0.15) is 11.1 Å². The average molecular weight is 342 g/mol. The van der Waals surface area contributed by atoms with Gasteiger partial charge in [0.1, 0.15) is 0 Å². The first-order chi connectivity index (χ1) is 10.2. The second-order valence-corrected chi connectivity index (χ2v) is 6.75. The summed E-state index contributed by atoms with van der Waals surface area (Å²) < 4.78 is 1.07. The zero-order valence-corrected chi connectivity index (χ0v) is 13.2. The monoisotopic (exact) mass is 341 g/mol. The van der Waals surface area contributed by atoms with Gasteiger partial charge in [0.15, 0.2) is 5.96 Å². The van der Waals surface area contributed by atoms with Gasteiger partial charge in [-0.15, -0.1) is 0 Å². The molecule has 2 aliphatic rings. The van der Waals surface area contributed by atoms with E-state index in [2.05, 4.69) is 74.4 Å². The van der Waals surface area contributed by atoms with Crippen LogP contribution in [0.2, 0.25) is 0 Å². The number of rotatable bonds is 1. The lowest BCUT2D eigenvalue weighted by Gasteiger charge is -2.36. The smallest absolute Gasteiger partial charge is 0.196 e. The molecule has 1 heterocycles. The van der Waals surface area contributed by atoms with Crippen LogP contribution in [-0.4, -0.2) is 18.0 Å². The fraction of sp³-hybridized carbons (Fsp3) is 0.235. The van der Waals surface area contributed by atoms with Crippen molar-refractivity contribution in [1.82, 2.24) is 0 Å². The molecule has 0 fully saturated rings. The number of nitrogens with two attached hydrogens (primary N) is 1.